The van der Waals surface area contributed by atoms with Crippen molar-refractivity contribution in [3.8, 4) is 0 Å². The average Bonchev–Trinajstić information content (AvgIpc) is 2.67. The highest BCUT2D eigenvalue weighted by Crippen LogP contribution is 2.12. The lowest BCUT2D eigenvalue weighted by Crippen LogP contribution is -2.12. The molecule has 0 aliphatic rings. The zero-order valence-electron chi connectivity index (χ0n) is 13.9. The SMILES string of the molecule is O=C(CCc1ccccc1)Nc1ccc(NCc2ccncc2)nc1. The number of aryl methyl sites for hydroxylation is 1. The van der Waals surface area contributed by atoms with Gasteiger partial charge in [-0.25, -0.2) is 4.98 Å². The van der Waals surface area contributed by atoms with Crippen molar-refractivity contribution in [2.45, 2.75) is 19.4 Å². The van der Waals surface area contributed by atoms with Crippen LogP contribution in [0.25, 0.3) is 0 Å². The molecule has 1 aromatic carbocycles. The Morgan fingerprint density at radius 1 is 0.920 bits per heavy atom. The van der Waals surface area contributed by atoms with Crippen molar-refractivity contribution in [2.24, 2.45) is 0 Å². The predicted octanol–water partition coefficient (Wildman–Crippen LogP) is 3.66. The minimum absolute atomic E-state index is 0.0110. The van der Waals surface area contributed by atoms with E-state index in [0.29, 0.717) is 18.7 Å². The van der Waals surface area contributed by atoms with Gasteiger partial charge in [0.2, 0.25) is 5.91 Å². The number of pyridine rings is 2. The first-order chi connectivity index (χ1) is 12.3. The molecule has 0 aliphatic heterocycles. The van der Waals surface area contributed by atoms with Crippen LogP contribution in [-0.2, 0) is 17.8 Å². The van der Waals surface area contributed by atoms with Crippen LogP contribution >= 0.6 is 0 Å². The van der Waals surface area contributed by atoms with E-state index >= 15 is 0 Å². The third-order valence-electron chi connectivity index (χ3n) is 3.75. The summed E-state index contributed by atoms with van der Waals surface area (Å²) in [6.07, 6.45) is 6.37. The summed E-state index contributed by atoms with van der Waals surface area (Å²) in [5.74, 6) is 0.752. The Labute approximate surface area is 147 Å². The Morgan fingerprint density at radius 2 is 1.72 bits per heavy atom. The molecule has 0 saturated heterocycles. The number of nitrogens with zero attached hydrogens (tertiary/aromatic N) is 2. The molecular formula is C20H20N4O. The maximum absolute atomic E-state index is 12.0. The summed E-state index contributed by atoms with van der Waals surface area (Å²) in [6, 6.07) is 17.6. The van der Waals surface area contributed by atoms with Gasteiger partial charge in [0.1, 0.15) is 5.82 Å². The first-order valence-electron chi connectivity index (χ1n) is 8.22. The number of hydrogen-bond donors (Lipinski definition) is 2. The molecule has 0 spiro atoms. The van der Waals surface area contributed by atoms with E-state index in [0.717, 1.165) is 23.4 Å². The number of nitrogens with one attached hydrogen (secondary N) is 2. The van der Waals surface area contributed by atoms with Gasteiger partial charge in [0.15, 0.2) is 0 Å². The molecule has 3 aromatic rings. The smallest absolute Gasteiger partial charge is 0.224 e. The van der Waals surface area contributed by atoms with Gasteiger partial charge in [0, 0.05) is 25.4 Å². The zero-order valence-corrected chi connectivity index (χ0v) is 13.9. The molecule has 2 heterocycles. The highest BCUT2D eigenvalue weighted by atomic mass is 16.1. The molecule has 0 aliphatic carbocycles. The van der Waals surface area contributed by atoms with Gasteiger partial charge >= 0.3 is 0 Å². The molecule has 0 saturated carbocycles. The first-order valence-corrected chi connectivity index (χ1v) is 8.22. The molecule has 0 atom stereocenters. The van der Waals surface area contributed by atoms with Gasteiger partial charge in [-0.1, -0.05) is 30.3 Å². The van der Waals surface area contributed by atoms with Crippen LogP contribution in [0.1, 0.15) is 17.5 Å². The Bertz CT molecular complexity index is 789. The molecule has 126 valence electrons. The van der Waals surface area contributed by atoms with E-state index in [2.05, 4.69) is 20.6 Å². The Balaban J connectivity index is 1.46. The second-order valence-corrected chi connectivity index (χ2v) is 5.67. The summed E-state index contributed by atoms with van der Waals surface area (Å²) in [5.41, 5.74) is 2.99. The Kier molecular flexibility index (Phi) is 5.72. The van der Waals surface area contributed by atoms with Crippen molar-refractivity contribution in [1.82, 2.24) is 9.97 Å². The highest BCUT2D eigenvalue weighted by Gasteiger charge is 2.04. The standard InChI is InChI=1S/C20H20N4O/c25-20(9-6-16-4-2-1-3-5-16)24-18-7-8-19(23-15-18)22-14-17-10-12-21-13-11-17/h1-5,7-8,10-13,15H,6,9,14H2,(H,22,23)(H,24,25). The summed E-state index contributed by atoms with van der Waals surface area (Å²) in [6.45, 7) is 0.679. The van der Waals surface area contributed by atoms with E-state index in [9.17, 15) is 4.79 Å². The normalized spacial score (nSPS) is 10.2. The average molecular weight is 332 g/mol. The second-order valence-electron chi connectivity index (χ2n) is 5.67. The molecule has 25 heavy (non-hydrogen) atoms. The maximum Gasteiger partial charge on any atom is 0.224 e. The summed E-state index contributed by atoms with van der Waals surface area (Å²) >= 11 is 0. The van der Waals surface area contributed by atoms with Gasteiger partial charge in [0.25, 0.3) is 0 Å². The largest absolute Gasteiger partial charge is 0.366 e. The molecular weight excluding hydrogens is 312 g/mol. The number of carbonyl (C=O) groups excluding carboxylic acids is 1. The number of anilines is 2. The second kappa shape index (κ2) is 8.59. The Hall–Kier alpha value is -3.21. The van der Waals surface area contributed by atoms with Gasteiger partial charge in [-0.3, -0.25) is 9.78 Å². The van der Waals surface area contributed by atoms with Gasteiger partial charge in [0.05, 0.1) is 11.9 Å². The molecule has 0 fully saturated rings. The van der Waals surface area contributed by atoms with Crippen LogP contribution in [0.3, 0.4) is 0 Å². The van der Waals surface area contributed by atoms with E-state index in [4.69, 9.17) is 0 Å². The van der Waals surface area contributed by atoms with E-state index in [1.165, 1.54) is 0 Å². The molecule has 3 rings (SSSR count). The fourth-order valence-corrected chi connectivity index (χ4v) is 2.39. The number of benzene rings is 1. The molecule has 0 bridgehead atoms. The summed E-state index contributed by atoms with van der Waals surface area (Å²) in [5, 5.41) is 6.11. The van der Waals surface area contributed by atoms with E-state index < -0.39 is 0 Å². The lowest BCUT2D eigenvalue weighted by Gasteiger charge is -2.08. The number of aromatic nitrogens is 2. The van der Waals surface area contributed by atoms with E-state index in [1.54, 1.807) is 18.6 Å². The zero-order chi connectivity index (χ0) is 17.3. The molecule has 0 radical (unpaired) electrons. The highest BCUT2D eigenvalue weighted by molar-refractivity contribution is 5.90. The summed E-state index contributed by atoms with van der Waals surface area (Å²) < 4.78 is 0. The third kappa shape index (κ3) is 5.42. The lowest BCUT2D eigenvalue weighted by atomic mass is 10.1. The van der Waals surface area contributed by atoms with Crippen LogP contribution in [-0.4, -0.2) is 15.9 Å². The minimum Gasteiger partial charge on any atom is -0.366 e. The van der Waals surface area contributed by atoms with Crippen LogP contribution in [0.15, 0.2) is 73.2 Å². The molecule has 2 aromatic heterocycles. The number of hydrogen-bond acceptors (Lipinski definition) is 4. The minimum atomic E-state index is -0.0110. The predicted molar refractivity (Wildman–Crippen MR) is 99.2 cm³/mol. The van der Waals surface area contributed by atoms with Crippen LogP contribution in [0, 0.1) is 0 Å². The van der Waals surface area contributed by atoms with Gasteiger partial charge in [-0.15, -0.1) is 0 Å². The van der Waals surface area contributed by atoms with Crippen LogP contribution in [0.5, 0.6) is 0 Å². The van der Waals surface area contributed by atoms with Crippen molar-refractivity contribution >= 4 is 17.4 Å². The molecule has 1 amide bonds. The van der Waals surface area contributed by atoms with Crippen molar-refractivity contribution in [1.29, 1.82) is 0 Å². The molecule has 2 N–H and O–H groups in total. The van der Waals surface area contributed by atoms with Gasteiger partial charge < -0.3 is 10.6 Å². The fraction of sp³-hybridized carbons (Fsp3) is 0.150. The van der Waals surface area contributed by atoms with Crippen molar-refractivity contribution < 1.29 is 4.79 Å². The molecule has 0 unspecified atom stereocenters. The van der Waals surface area contributed by atoms with E-state index in [-0.39, 0.29) is 5.91 Å². The lowest BCUT2D eigenvalue weighted by molar-refractivity contribution is -0.116. The van der Waals surface area contributed by atoms with Crippen molar-refractivity contribution in [2.75, 3.05) is 10.6 Å². The number of carbonyl (C=O) groups is 1. The summed E-state index contributed by atoms with van der Waals surface area (Å²) in [4.78, 5) is 20.3. The van der Waals surface area contributed by atoms with Gasteiger partial charge in [-0.2, -0.15) is 0 Å². The van der Waals surface area contributed by atoms with Crippen molar-refractivity contribution in [3.05, 3.63) is 84.3 Å². The van der Waals surface area contributed by atoms with Crippen molar-refractivity contribution in [3.63, 3.8) is 0 Å². The van der Waals surface area contributed by atoms with Crippen LogP contribution < -0.4 is 10.6 Å². The Morgan fingerprint density at radius 3 is 2.44 bits per heavy atom. The van der Waals surface area contributed by atoms with E-state index in [1.807, 2.05) is 54.6 Å². The fourth-order valence-electron chi connectivity index (χ4n) is 2.39. The third-order valence-corrected chi connectivity index (χ3v) is 3.75. The molecule has 5 nitrogen and oxygen atoms in total. The topological polar surface area (TPSA) is 66.9 Å². The monoisotopic (exact) mass is 332 g/mol. The quantitative estimate of drug-likeness (QED) is 0.693. The molecule has 5 heteroatoms. The first kappa shape index (κ1) is 16.6. The number of rotatable bonds is 7. The van der Waals surface area contributed by atoms with Crippen LogP contribution in [0.2, 0.25) is 0 Å². The maximum atomic E-state index is 12.0. The number of amides is 1. The summed E-state index contributed by atoms with van der Waals surface area (Å²) in [7, 11) is 0. The van der Waals surface area contributed by atoms with Gasteiger partial charge in [-0.05, 0) is 41.8 Å². The van der Waals surface area contributed by atoms with Crippen LogP contribution in [0.4, 0.5) is 11.5 Å².